The Morgan fingerprint density at radius 1 is 1.03 bits per heavy atom. The summed E-state index contributed by atoms with van der Waals surface area (Å²) in [6, 6.07) is 11.7. The zero-order chi connectivity index (χ0) is 21.1. The molecule has 1 aromatic carbocycles. The van der Waals surface area contributed by atoms with E-state index in [9.17, 15) is 9.59 Å². The van der Waals surface area contributed by atoms with E-state index >= 15 is 0 Å². The second-order valence-corrected chi connectivity index (χ2v) is 6.26. The van der Waals surface area contributed by atoms with Gasteiger partial charge in [0.15, 0.2) is 11.5 Å². The quantitative estimate of drug-likeness (QED) is 0.441. The molecule has 0 fully saturated rings. The zero-order valence-electron chi connectivity index (χ0n) is 15.8. The first kappa shape index (κ1) is 19.2. The van der Waals surface area contributed by atoms with E-state index in [4.69, 9.17) is 19.0 Å². The summed E-state index contributed by atoms with van der Waals surface area (Å²) < 4.78 is 16.2. The number of hydrogen-bond acceptors (Lipinski definition) is 8. The van der Waals surface area contributed by atoms with Gasteiger partial charge in [-0.3, -0.25) is 14.9 Å². The Morgan fingerprint density at radius 3 is 2.63 bits per heavy atom. The van der Waals surface area contributed by atoms with E-state index < -0.39 is 5.91 Å². The molecule has 3 aromatic heterocycles. The van der Waals surface area contributed by atoms with Crippen molar-refractivity contribution in [2.75, 3.05) is 10.6 Å². The fourth-order valence-corrected chi connectivity index (χ4v) is 2.82. The second-order valence-electron chi connectivity index (χ2n) is 6.26. The summed E-state index contributed by atoms with van der Waals surface area (Å²) in [6.07, 6.45) is 1.47. The molecule has 0 unspecified atom stereocenters. The van der Waals surface area contributed by atoms with Gasteiger partial charge in [0.05, 0.1) is 6.26 Å². The lowest BCUT2D eigenvalue weighted by Gasteiger charge is -2.09. The molecule has 0 spiro atoms. The molecule has 10 heteroatoms. The molecule has 30 heavy (non-hydrogen) atoms. The van der Waals surface area contributed by atoms with Crippen molar-refractivity contribution in [3.05, 3.63) is 60.1 Å². The van der Waals surface area contributed by atoms with Crippen molar-refractivity contribution in [1.29, 1.82) is 0 Å². The van der Waals surface area contributed by atoms with Crippen LogP contribution in [0.25, 0.3) is 23.0 Å². The number of carbonyl (C=O) groups is 2. The lowest BCUT2D eigenvalue weighted by Crippen LogP contribution is -2.11. The lowest BCUT2D eigenvalue weighted by atomic mass is 10.0. The summed E-state index contributed by atoms with van der Waals surface area (Å²) >= 11 is 0. The molecule has 0 aliphatic carbocycles. The molecule has 0 saturated carbocycles. The minimum absolute atomic E-state index is 0.0525. The van der Waals surface area contributed by atoms with E-state index in [2.05, 4.69) is 20.8 Å². The Morgan fingerprint density at radius 2 is 1.90 bits per heavy atom. The van der Waals surface area contributed by atoms with E-state index in [1.54, 1.807) is 36.4 Å². The van der Waals surface area contributed by atoms with Gasteiger partial charge >= 0.3 is 6.01 Å². The van der Waals surface area contributed by atoms with Gasteiger partial charge in [0, 0.05) is 24.7 Å². The lowest BCUT2D eigenvalue weighted by molar-refractivity contribution is -0.114. The monoisotopic (exact) mass is 407 g/mol. The molecule has 10 nitrogen and oxygen atoms in total. The van der Waals surface area contributed by atoms with Gasteiger partial charge in [-0.2, -0.15) is 0 Å². The summed E-state index contributed by atoms with van der Waals surface area (Å²) in [5.74, 6) is 0.301. The molecular formula is C20H17N5O5. The van der Waals surface area contributed by atoms with Gasteiger partial charge in [0.2, 0.25) is 5.91 Å². The maximum Gasteiger partial charge on any atom is 0.323 e. The van der Waals surface area contributed by atoms with Gasteiger partial charge in [-0.25, -0.2) is 0 Å². The number of amides is 2. The number of nitrogens with zero attached hydrogens (tertiary/aromatic N) is 2. The SMILES string of the molecule is CC(=O)Nc1ccc(-c2ccc(C(=O)Nc3nnc(-c4ccco4)o3)o2)c(CN)c1. The predicted molar refractivity (Wildman–Crippen MR) is 106 cm³/mol. The summed E-state index contributed by atoms with van der Waals surface area (Å²) in [5.41, 5.74) is 7.92. The number of furan rings is 2. The molecule has 0 aliphatic heterocycles. The standard InChI is InChI=1S/C20H17N5O5/c1-11(26)22-13-4-5-14(12(9-13)10-21)15-6-7-16(29-15)18(27)23-20-25-24-19(30-20)17-3-2-8-28-17/h2-9H,10,21H2,1H3,(H,22,26)(H,23,25,27). The topological polar surface area (TPSA) is 149 Å². The van der Waals surface area contributed by atoms with Gasteiger partial charge in [-0.1, -0.05) is 5.10 Å². The van der Waals surface area contributed by atoms with Crippen LogP contribution in [0.15, 0.2) is 62.0 Å². The number of anilines is 2. The molecule has 0 saturated heterocycles. The van der Waals surface area contributed by atoms with E-state index in [0.717, 1.165) is 5.56 Å². The fraction of sp³-hybridized carbons (Fsp3) is 0.100. The fourth-order valence-electron chi connectivity index (χ4n) is 2.82. The summed E-state index contributed by atoms with van der Waals surface area (Å²) in [6.45, 7) is 1.65. The van der Waals surface area contributed by atoms with E-state index in [1.807, 2.05) is 0 Å². The van der Waals surface area contributed by atoms with Crippen LogP contribution >= 0.6 is 0 Å². The maximum absolute atomic E-state index is 12.5. The molecule has 0 atom stereocenters. The molecule has 152 valence electrons. The third-order valence-corrected chi connectivity index (χ3v) is 4.12. The van der Waals surface area contributed by atoms with Crippen molar-refractivity contribution in [1.82, 2.24) is 10.2 Å². The van der Waals surface area contributed by atoms with Crippen LogP contribution in [0.5, 0.6) is 0 Å². The number of benzene rings is 1. The molecule has 0 bridgehead atoms. The third-order valence-electron chi connectivity index (χ3n) is 4.12. The smallest absolute Gasteiger partial charge is 0.323 e. The number of nitrogens with two attached hydrogens (primary N) is 1. The number of carbonyl (C=O) groups excluding carboxylic acids is 2. The number of hydrogen-bond donors (Lipinski definition) is 3. The van der Waals surface area contributed by atoms with Crippen molar-refractivity contribution in [3.8, 4) is 23.0 Å². The Balaban J connectivity index is 1.51. The van der Waals surface area contributed by atoms with Crippen molar-refractivity contribution in [3.63, 3.8) is 0 Å². The highest BCUT2D eigenvalue weighted by Crippen LogP contribution is 2.29. The largest absolute Gasteiger partial charge is 0.459 e. The van der Waals surface area contributed by atoms with Crippen molar-refractivity contribution >= 4 is 23.5 Å². The first-order chi connectivity index (χ1) is 14.5. The third kappa shape index (κ3) is 3.98. The molecule has 4 aromatic rings. The van der Waals surface area contributed by atoms with Crippen LogP contribution in [0.1, 0.15) is 23.0 Å². The molecule has 0 aliphatic rings. The van der Waals surface area contributed by atoms with Gasteiger partial charge in [0.25, 0.3) is 11.8 Å². The van der Waals surface area contributed by atoms with Crippen LogP contribution in [0.4, 0.5) is 11.7 Å². The second kappa shape index (κ2) is 8.05. The maximum atomic E-state index is 12.5. The first-order valence-electron chi connectivity index (χ1n) is 8.93. The minimum Gasteiger partial charge on any atom is -0.459 e. The number of rotatable bonds is 6. The van der Waals surface area contributed by atoms with Gasteiger partial charge < -0.3 is 24.3 Å². The van der Waals surface area contributed by atoms with Gasteiger partial charge in [-0.05, 0) is 48.0 Å². The van der Waals surface area contributed by atoms with Crippen LogP contribution in [-0.2, 0) is 11.3 Å². The predicted octanol–water partition coefficient (Wildman–Crippen LogP) is 3.26. The van der Waals surface area contributed by atoms with Crippen LogP contribution in [-0.4, -0.2) is 22.0 Å². The average molecular weight is 407 g/mol. The van der Waals surface area contributed by atoms with Crippen molar-refractivity contribution in [2.45, 2.75) is 13.5 Å². The van der Waals surface area contributed by atoms with E-state index in [0.29, 0.717) is 22.8 Å². The molecule has 4 rings (SSSR count). The molecule has 3 heterocycles. The van der Waals surface area contributed by atoms with E-state index in [-0.39, 0.29) is 30.1 Å². The number of nitrogens with one attached hydrogen (secondary N) is 2. The van der Waals surface area contributed by atoms with Gasteiger partial charge in [-0.15, -0.1) is 5.10 Å². The normalized spacial score (nSPS) is 10.7. The highest BCUT2D eigenvalue weighted by atomic mass is 16.4. The van der Waals surface area contributed by atoms with Crippen molar-refractivity contribution in [2.24, 2.45) is 5.73 Å². The minimum atomic E-state index is -0.556. The Kier molecular flexibility index (Phi) is 5.14. The first-order valence-corrected chi connectivity index (χ1v) is 8.93. The highest BCUT2D eigenvalue weighted by molar-refractivity contribution is 6.01. The van der Waals surface area contributed by atoms with Gasteiger partial charge in [0.1, 0.15) is 5.76 Å². The Hall–Kier alpha value is -4.18. The molecule has 0 radical (unpaired) electrons. The molecular weight excluding hydrogens is 390 g/mol. The summed E-state index contributed by atoms with van der Waals surface area (Å²) in [4.78, 5) is 23.7. The van der Waals surface area contributed by atoms with Crippen LogP contribution < -0.4 is 16.4 Å². The van der Waals surface area contributed by atoms with Crippen LogP contribution in [0.2, 0.25) is 0 Å². The highest BCUT2D eigenvalue weighted by Gasteiger charge is 2.18. The average Bonchev–Trinajstić information content (AvgIpc) is 3.48. The van der Waals surface area contributed by atoms with Crippen molar-refractivity contribution < 1.29 is 22.8 Å². The molecule has 4 N–H and O–H groups in total. The Labute approximate surface area is 170 Å². The van der Waals surface area contributed by atoms with E-state index in [1.165, 1.54) is 19.3 Å². The number of aromatic nitrogens is 2. The molecule has 2 amide bonds. The summed E-state index contributed by atoms with van der Waals surface area (Å²) in [5, 5.41) is 12.8. The van der Waals surface area contributed by atoms with Crippen LogP contribution in [0, 0.1) is 0 Å². The summed E-state index contributed by atoms with van der Waals surface area (Å²) in [7, 11) is 0. The van der Waals surface area contributed by atoms with Crippen LogP contribution in [0.3, 0.4) is 0 Å². The Bertz CT molecular complexity index is 1190. The zero-order valence-corrected chi connectivity index (χ0v) is 15.8.